The molecular weight excluding hydrogens is 344 g/mol. The van der Waals surface area contributed by atoms with Crippen molar-refractivity contribution in [3.63, 3.8) is 0 Å². The molecule has 1 amide bonds. The smallest absolute Gasteiger partial charge is 0.251 e. The molecule has 0 spiro atoms. The molecule has 2 aromatic rings. The van der Waals surface area contributed by atoms with Crippen LogP contribution in [0, 0.1) is 13.8 Å². The van der Waals surface area contributed by atoms with E-state index in [9.17, 15) is 4.79 Å². The van der Waals surface area contributed by atoms with Gasteiger partial charge >= 0.3 is 0 Å². The summed E-state index contributed by atoms with van der Waals surface area (Å²) in [5, 5.41) is 0. The van der Waals surface area contributed by atoms with Gasteiger partial charge < -0.3 is 10.3 Å². The van der Waals surface area contributed by atoms with Gasteiger partial charge in [0.05, 0.1) is 5.56 Å². The second-order valence-electron chi connectivity index (χ2n) is 9.48. The van der Waals surface area contributed by atoms with Crippen molar-refractivity contribution < 1.29 is 4.79 Å². The van der Waals surface area contributed by atoms with Crippen LogP contribution in [0.1, 0.15) is 99.1 Å². The zero-order chi connectivity index (χ0) is 20.5. The molecule has 1 aliphatic carbocycles. The van der Waals surface area contributed by atoms with Gasteiger partial charge in [0.15, 0.2) is 0 Å². The molecule has 3 heteroatoms. The van der Waals surface area contributed by atoms with Gasteiger partial charge in [-0.25, -0.2) is 0 Å². The zero-order valence-electron chi connectivity index (χ0n) is 18.3. The van der Waals surface area contributed by atoms with E-state index in [1.807, 2.05) is 0 Å². The van der Waals surface area contributed by atoms with Crippen LogP contribution in [0.4, 0.5) is 0 Å². The van der Waals surface area contributed by atoms with Crippen molar-refractivity contribution in [2.75, 3.05) is 0 Å². The fraction of sp³-hybridized carbons (Fsp3) is 0.560. The first-order valence-electron chi connectivity index (χ1n) is 10.8. The molecule has 1 saturated carbocycles. The molecule has 3 rings (SSSR count). The van der Waals surface area contributed by atoms with E-state index in [4.69, 9.17) is 5.73 Å². The third-order valence-corrected chi connectivity index (χ3v) is 6.42. The maximum Gasteiger partial charge on any atom is 0.251 e. The monoisotopic (exact) mass is 380 g/mol. The molecule has 0 radical (unpaired) electrons. The van der Waals surface area contributed by atoms with Crippen LogP contribution in [-0.2, 0) is 5.41 Å². The van der Waals surface area contributed by atoms with E-state index in [1.165, 1.54) is 56.2 Å². The summed E-state index contributed by atoms with van der Waals surface area (Å²) >= 11 is 0. The Hall–Kier alpha value is -2.03. The largest absolute Gasteiger partial charge is 0.366 e. The van der Waals surface area contributed by atoms with Gasteiger partial charge in [0.25, 0.3) is 5.91 Å². The van der Waals surface area contributed by atoms with E-state index >= 15 is 0 Å². The summed E-state index contributed by atoms with van der Waals surface area (Å²) in [6.45, 7) is 10.9. The minimum atomic E-state index is -0.319. The summed E-state index contributed by atoms with van der Waals surface area (Å²) in [6.07, 6.45) is 8.91. The summed E-state index contributed by atoms with van der Waals surface area (Å²) in [4.78, 5) is 12.4. The van der Waals surface area contributed by atoms with Gasteiger partial charge in [-0.2, -0.15) is 0 Å². The summed E-state index contributed by atoms with van der Waals surface area (Å²) in [7, 11) is 0. The highest BCUT2D eigenvalue weighted by Gasteiger charge is 2.26. The first-order chi connectivity index (χ1) is 13.2. The second kappa shape index (κ2) is 8.14. The Morgan fingerprint density at radius 2 is 1.46 bits per heavy atom. The summed E-state index contributed by atoms with van der Waals surface area (Å²) in [6, 6.07) is 9.14. The van der Waals surface area contributed by atoms with Crippen LogP contribution in [0.3, 0.4) is 0 Å². The number of carbonyl (C=O) groups is 1. The number of nitrogens with two attached hydrogens (primary N) is 1. The Morgan fingerprint density at radius 1 is 0.929 bits per heavy atom. The Bertz CT molecular complexity index is 829. The average Bonchev–Trinajstić information content (AvgIpc) is 2.85. The normalized spacial score (nSPS) is 16.6. The van der Waals surface area contributed by atoms with Crippen molar-refractivity contribution in [2.24, 2.45) is 5.73 Å². The molecule has 0 aliphatic heterocycles. The Kier molecular flexibility index (Phi) is 6.02. The lowest BCUT2D eigenvalue weighted by atomic mass is 9.86. The molecule has 0 bridgehead atoms. The minimum absolute atomic E-state index is 0.112. The van der Waals surface area contributed by atoms with Crippen molar-refractivity contribution in [1.82, 2.24) is 4.57 Å². The SMILES string of the molecule is Cc1c(C(N)=O)c(-c2ccc(C(C)(C)C)cc2)c(C)n1C1CCCCCCC1. The van der Waals surface area contributed by atoms with Crippen molar-refractivity contribution in [3.8, 4) is 11.1 Å². The van der Waals surface area contributed by atoms with E-state index in [0.717, 1.165) is 16.8 Å². The summed E-state index contributed by atoms with van der Waals surface area (Å²) in [5.41, 5.74) is 12.3. The molecule has 1 aromatic heterocycles. The second-order valence-corrected chi connectivity index (χ2v) is 9.48. The van der Waals surface area contributed by atoms with Gasteiger partial charge in [-0.15, -0.1) is 0 Å². The lowest BCUT2D eigenvalue weighted by Gasteiger charge is -2.25. The molecule has 1 aromatic carbocycles. The van der Waals surface area contributed by atoms with E-state index in [-0.39, 0.29) is 11.3 Å². The van der Waals surface area contributed by atoms with Crippen LogP contribution in [0.2, 0.25) is 0 Å². The van der Waals surface area contributed by atoms with Crippen LogP contribution in [0.5, 0.6) is 0 Å². The number of hydrogen-bond acceptors (Lipinski definition) is 1. The fourth-order valence-corrected chi connectivity index (χ4v) is 4.89. The van der Waals surface area contributed by atoms with E-state index in [2.05, 4.69) is 63.5 Å². The first-order valence-corrected chi connectivity index (χ1v) is 10.8. The number of rotatable bonds is 3. The molecule has 1 heterocycles. The highest BCUT2D eigenvalue weighted by Crippen LogP contribution is 2.38. The molecule has 0 unspecified atom stereocenters. The molecule has 0 atom stereocenters. The van der Waals surface area contributed by atoms with Crippen LogP contribution in [0.15, 0.2) is 24.3 Å². The number of aromatic nitrogens is 1. The third kappa shape index (κ3) is 4.04. The highest BCUT2D eigenvalue weighted by atomic mass is 16.1. The van der Waals surface area contributed by atoms with Gasteiger partial charge in [0.2, 0.25) is 0 Å². The number of carbonyl (C=O) groups excluding carboxylic acids is 1. The number of hydrogen-bond donors (Lipinski definition) is 1. The molecule has 0 saturated heterocycles. The van der Waals surface area contributed by atoms with Crippen molar-refractivity contribution >= 4 is 5.91 Å². The fourth-order valence-electron chi connectivity index (χ4n) is 4.89. The molecule has 152 valence electrons. The predicted molar refractivity (Wildman–Crippen MR) is 118 cm³/mol. The van der Waals surface area contributed by atoms with Crippen LogP contribution in [-0.4, -0.2) is 10.5 Å². The number of nitrogens with zero attached hydrogens (tertiary/aromatic N) is 1. The van der Waals surface area contributed by atoms with Crippen molar-refractivity contribution in [3.05, 3.63) is 46.8 Å². The van der Waals surface area contributed by atoms with Gasteiger partial charge in [-0.1, -0.05) is 77.1 Å². The first kappa shape index (κ1) is 20.7. The van der Waals surface area contributed by atoms with Crippen molar-refractivity contribution in [2.45, 2.75) is 91.0 Å². The van der Waals surface area contributed by atoms with Gasteiger partial charge in [0.1, 0.15) is 0 Å². The number of primary amides is 1. The average molecular weight is 381 g/mol. The molecule has 2 N–H and O–H groups in total. The standard InChI is InChI=1S/C25H36N2O/c1-17-22(19-13-15-20(16-14-19)25(3,4)5)23(24(26)28)18(2)27(17)21-11-9-7-6-8-10-12-21/h13-16,21H,6-12H2,1-5H3,(H2,26,28). The van der Waals surface area contributed by atoms with Gasteiger partial charge in [0, 0.05) is 23.0 Å². The lowest BCUT2D eigenvalue weighted by molar-refractivity contribution is 0.1000. The summed E-state index contributed by atoms with van der Waals surface area (Å²) < 4.78 is 2.42. The predicted octanol–water partition coefficient (Wildman–Crippen LogP) is 6.45. The minimum Gasteiger partial charge on any atom is -0.366 e. The van der Waals surface area contributed by atoms with Crippen LogP contribution in [0.25, 0.3) is 11.1 Å². The lowest BCUT2D eigenvalue weighted by Crippen LogP contribution is -2.16. The van der Waals surface area contributed by atoms with E-state index in [0.29, 0.717) is 11.6 Å². The van der Waals surface area contributed by atoms with E-state index in [1.54, 1.807) is 0 Å². The molecule has 3 nitrogen and oxygen atoms in total. The summed E-state index contributed by atoms with van der Waals surface area (Å²) in [5.74, 6) is -0.319. The van der Waals surface area contributed by atoms with E-state index < -0.39 is 0 Å². The molecule has 1 aliphatic rings. The number of benzene rings is 1. The molecule has 1 fully saturated rings. The maximum atomic E-state index is 12.4. The van der Waals surface area contributed by atoms with Gasteiger partial charge in [-0.05, 0) is 43.2 Å². The Morgan fingerprint density at radius 3 is 1.96 bits per heavy atom. The Balaban J connectivity index is 2.09. The molecular formula is C25H36N2O. The zero-order valence-corrected chi connectivity index (χ0v) is 18.3. The maximum absolute atomic E-state index is 12.4. The quantitative estimate of drug-likeness (QED) is 0.653. The van der Waals surface area contributed by atoms with Crippen molar-refractivity contribution in [1.29, 1.82) is 0 Å². The Labute approximate surface area is 170 Å². The topological polar surface area (TPSA) is 48.0 Å². The van der Waals surface area contributed by atoms with Crippen LogP contribution >= 0.6 is 0 Å². The third-order valence-electron chi connectivity index (χ3n) is 6.42. The van der Waals surface area contributed by atoms with Gasteiger partial charge in [-0.3, -0.25) is 4.79 Å². The highest BCUT2D eigenvalue weighted by molar-refractivity contribution is 6.02. The number of amides is 1. The molecule has 28 heavy (non-hydrogen) atoms. The van der Waals surface area contributed by atoms with Crippen LogP contribution < -0.4 is 5.73 Å².